The Bertz CT molecular complexity index is 966. The van der Waals surface area contributed by atoms with Crippen molar-refractivity contribution in [2.24, 2.45) is 0 Å². The molecule has 5 nitrogen and oxygen atoms in total. The molecular formula is C19H14F3N3O2. The summed E-state index contributed by atoms with van der Waals surface area (Å²) in [5.41, 5.74) is 4.08. The van der Waals surface area contributed by atoms with Gasteiger partial charge in [-0.15, -0.1) is 0 Å². The highest BCUT2D eigenvalue weighted by atomic mass is 19.4. The van der Waals surface area contributed by atoms with Crippen LogP contribution in [0.2, 0.25) is 0 Å². The Hall–Kier alpha value is -3.55. The molecule has 0 fully saturated rings. The number of amides is 2. The van der Waals surface area contributed by atoms with Crippen molar-refractivity contribution < 1.29 is 22.8 Å². The third kappa shape index (κ3) is 4.17. The molecule has 0 aliphatic heterocycles. The normalized spacial score (nSPS) is 11.1. The van der Waals surface area contributed by atoms with Gasteiger partial charge in [0.2, 0.25) is 0 Å². The Labute approximate surface area is 152 Å². The Morgan fingerprint density at radius 2 is 1.48 bits per heavy atom. The van der Waals surface area contributed by atoms with Crippen molar-refractivity contribution in [2.45, 2.75) is 6.18 Å². The number of alkyl halides is 3. The van der Waals surface area contributed by atoms with Crippen LogP contribution in [-0.4, -0.2) is 16.4 Å². The SMILES string of the molecule is O=C(NNC(=O)c1ccccc1-n1cccc1)c1cccc(C(F)(F)F)c1. The fourth-order valence-corrected chi connectivity index (χ4v) is 2.48. The van der Waals surface area contributed by atoms with Gasteiger partial charge in [-0.25, -0.2) is 0 Å². The zero-order chi connectivity index (χ0) is 19.4. The average molecular weight is 373 g/mol. The van der Waals surface area contributed by atoms with Gasteiger partial charge in [0, 0.05) is 18.0 Å². The van der Waals surface area contributed by atoms with Crippen LogP contribution < -0.4 is 10.9 Å². The quantitative estimate of drug-likeness (QED) is 0.690. The van der Waals surface area contributed by atoms with Crippen molar-refractivity contribution in [1.29, 1.82) is 0 Å². The molecule has 0 unspecified atom stereocenters. The second-order valence-corrected chi connectivity index (χ2v) is 5.59. The third-order valence-electron chi connectivity index (χ3n) is 3.77. The van der Waals surface area contributed by atoms with Gasteiger partial charge < -0.3 is 4.57 Å². The van der Waals surface area contributed by atoms with Crippen molar-refractivity contribution in [3.05, 3.63) is 89.7 Å². The monoisotopic (exact) mass is 373 g/mol. The van der Waals surface area contributed by atoms with Gasteiger partial charge in [0.05, 0.1) is 16.8 Å². The van der Waals surface area contributed by atoms with E-state index >= 15 is 0 Å². The smallest absolute Gasteiger partial charge is 0.323 e. The van der Waals surface area contributed by atoms with E-state index in [9.17, 15) is 22.8 Å². The minimum atomic E-state index is -4.56. The second-order valence-electron chi connectivity index (χ2n) is 5.59. The van der Waals surface area contributed by atoms with Gasteiger partial charge in [-0.1, -0.05) is 18.2 Å². The molecule has 2 N–H and O–H groups in total. The van der Waals surface area contributed by atoms with Crippen LogP contribution in [0.3, 0.4) is 0 Å². The minimum Gasteiger partial charge on any atom is -0.323 e. The molecule has 0 aliphatic carbocycles. The van der Waals surface area contributed by atoms with E-state index in [0.29, 0.717) is 5.69 Å². The van der Waals surface area contributed by atoms with Gasteiger partial charge in [0.25, 0.3) is 11.8 Å². The first-order valence-electron chi connectivity index (χ1n) is 7.86. The molecule has 1 heterocycles. The molecule has 3 rings (SSSR count). The van der Waals surface area contributed by atoms with Crippen molar-refractivity contribution in [2.75, 3.05) is 0 Å². The van der Waals surface area contributed by atoms with Gasteiger partial charge >= 0.3 is 6.18 Å². The van der Waals surface area contributed by atoms with Crippen LogP contribution >= 0.6 is 0 Å². The van der Waals surface area contributed by atoms with Gasteiger partial charge in [-0.2, -0.15) is 13.2 Å². The van der Waals surface area contributed by atoms with Crippen LogP contribution in [0.15, 0.2) is 73.1 Å². The zero-order valence-electron chi connectivity index (χ0n) is 13.8. The lowest BCUT2D eigenvalue weighted by atomic mass is 10.1. The number of carbonyl (C=O) groups excluding carboxylic acids is 2. The molecule has 0 atom stereocenters. The number of rotatable bonds is 3. The Morgan fingerprint density at radius 1 is 0.815 bits per heavy atom. The lowest BCUT2D eigenvalue weighted by Gasteiger charge is -2.12. The molecule has 3 aromatic rings. The van der Waals surface area contributed by atoms with E-state index in [-0.39, 0.29) is 11.1 Å². The average Bonchev–Trinajstić information content (AvgIpc) is 3.20. The standard InChI is InChI=1S/C19H14F3N3O2/c20-19(21,22)14-7-5-6-13(12-14)17(26)23-24-18(27)15-8-1-2-9-16(15)25-10-3-4-11-25/h1-12H,(H,23,26)(H,24,27). The molecule has 0 saturated carbocycles. The molecule has 0 radical (unpaired) electrons. The minimum absolute atomic E-state index is 0.219. The van der Waals surface area contributed by atoms with E-state index in [1.165, 1.54) is 6.07 Å². The second kappa shape index (κ2) is 7.36. The van der Waals surface area contributed by atoms with Crippen LogP contribution in [0.1, 0.15) is 26.3 Å². The molecule has 0 spiro atoms. The molecule has 0 bridgehead atoms. The van der Waals surface area contributed by atoms with Crippen molar-refractivity contribution in [3.63, 3.8) is 0 Å². The molecule has 138 valence electrons. The molecular weight excluding hydrogens is 359 g/mol. The maximum absolute atomic E-state index is 12.7. The number of hydrazine groups is 1. The highest BCUT2D eigenvalue weighted by molar-refractivity contribution is 6.01. The molecule has 0 aliphatic rings. The molecule has 2 aromatic carbocycles. The molecule has 27 heavy (non-hydrogen) atoms. The summed E-state index contributed by atoms with van der Waals surface area (Å²) < 4.78 is 40.0. The van der Waals surface area contributed by atoms with Crippen LogP contribution in [0.25, 0.3) is 5.69 Å². The van der Waals surface area contributed by atoms with E-state index in [1.54, 1.807) is 53.4 Å². The number of nitrogens with zero attached hydrogens (tertiary/aromatic N) is 1. The predicted molar refractivity (Wildman–Crippen MR) is 92.1 cm³/mol. The number of hydrogen-bond acceptors (Lipinski definition) is 2. The first kappa shape index (κ1) is 18.2. The number of hydrogen-bond donors (Lipinski definition) is 2. The van der Waals surface area contributed by atoms with Crippen LogP contribution in [0, 0.1) is 0 Å². The first-order valence-corrected chi connectivity index (χ1v) is 7.86. The highest BCUT2D eigenvalue weighted by Gasteiger charge is 2.30. The summed E-state index contributed by atoms with van der Waals surface area (Å²) in [5.74, 6) is -1.45. The number of aromatic nitrogens is 1. The van der Waals surface area contributed by atoms with Gasteiger partial charge in [-0.05, 0) is 42.5 Å². The summed E-state index contributed by atoms with van der Waals surface area (Å²) in [6.07, 6.45) is -1.05. The Kier molecular flexibility index (Phi) is 4.98. The summed E-state index contributed by atoms with van der Waals surface area (Å²) in [6.45, 7) is 0. The number of carbonyl (C=O) groups is 2. The Balaban J connectivity index is 1.73. The predicted octanol–water partition coefficient (Wildman–Crippen LogP) is 3.57. The number of benzene rings is 2. The lowest BCUT2D eigenvalue weighted by Crippen LogP contribution is -2.42. The van der Waals surface area contributed by atoms with Gasteiger partial charge in [-0.3, -0.25) is 20.4 Å². The summed E-state index contributed by atoms with van der Waals surface area (Å²) >= 11 is 0. The van der Waals surface area contributed by atoms with Gasteiger partial charge in [0.1, 0.15) is 0 Å². The molecule has 1 aromatic heterocycles. The van der Waals surface area contributed by atoms with Crippen LogP contribution in [0.4, 0.5) is 13.2 Å². The van der Waals surface area contributed by atoms with Gasteiger partial charge in [0.15, 0.2) is 0 Å². The fourth-order valence-electron chi connectivity index (χ4n) is 2.48. The molecule has 0 saturated heterocycles. The summed E-state index contributed by atoms with van der Waals surface area (Å²) in [7, 11) is 0. The molecule has 2 amide bonds. The number of halogens is 3. The summed E-state index contributed by atoms with van der Waals surface area (Å²) in [5, 5.41) is 0. The van der Waals surface area contributed by atoms with E-state index in [1.807, 2.05) is 0 Å². The maximum Gasteiger partial charge on any atom is 0.416 e. The number of para-hydroxylation sites is 1. The van der Waals surface area contributed by atoms with E-state index < -0.39 is 23.6 Å². The topological polar surface area (TPSA) is 63.1 Å². The number of nitrogens with one attached hydrogen (secondary N) is 2. The van der Waals surface area contributed by atoms with E-state index in [2.05, 4.69) is 10.9 Å². The largest absolute Gasteiger partial charge is 0.416 e. The summed E-state index contributed by atoms with van der Waals surface area (Å²) in [6, 6.07) is 14.2. The van der Waals surface area contributed by atoms with Crippen LogP contribution in [-0.2, 0) is 6.18 Å². The van der Waals surface area contributed by atoms with E-state index in [4.69, 9.17) is 0 Å². The lowest BCUT2D eigenvalue weighted by molar-refractivity contribution is -0.137. The summed E-state index contributed by atoms with van der Waals surface area (Å²) in [4.78, 5) is 24.5. The van der Waals surface area contributed by atoms with Crippen molar-refractivity contribution >= 4 is 11.8 Å². The van der Waals surface area contributed by atoms with E-state index in [0.717, 1.165) is 18.2 Å². The van der Waals surface area contributed by atoms with Crippen molar-refractivity contribution in [1.82, 2.24) is 15.4 Å². The first-order chi connectivity index (χ1) is 12.9. The highest BCUT2D eigenvalue weighted by Crippen LogP contribution is 2.29. The fraction of sp³-hybridized carbons (Fsp3) is 0.0526. The third-order valence-corrected chi connectivity index (χ3v) is 3.77. The zero-order valence-corrected chi connectivity index (χ0v) is 13.8. The maximum atomic E-state index is 12.7. The van der Waals surface area contributed by atoms with Crippen molar-refractivity contribution in [3.8, 4) is 5.69 Å². The van der Waals surface area contributed by atoms with Crippen LogP contribution in [0.5, 0.6) is 0 Å². The Morgan fingerprint density at radius 3 is 2.19 bits per heavy atom. The molecule has 8 heteroatoms.